The van der Waals surface area contributed by atoms with Crippen molar-refractivity contribution in [1.29, 1.82) is 0 Å². The van der Waals surface area contributed by atoms with Gasteiger partial charge in [-0.05, 0) is 40.3 Å². The minimum absolute atomic E-state index is 0.381. The Morgan fingerprint density at radius 2 is 2.18 bits per heavy atom. The second kappa shape index (κ2) is 4.07. The zero-order valence-corrected chi connectivity index (χ0v) is 7.84. The second-order valence-electron chi connectivity index (χ2n) is 3.71. The Bertz CT molecular complexity index is 112. The summed E-state index contributed by atoms with van der Waals surface area (Å²) in [7, 11) is 2.16. The van der Waals surface area contributed by atoms with Gasteiger partial charge in [-0.3, -0.25) is 0 Å². The van der Waals surface area contributed by atoms with E-state index in [1.807, 2.05) is 0 Å². The van der Waals surface area contributed by atoms with Gasteiger partial charge in [-0.1, -0.05) is 0 Å². The lowest BCUT2D eigenvalue weighted by atomic mass is 10.1. The number of piperidine rings is 1. The van der Waals surface area contributed by atoms with Crippen LogP contribution in [0, 0.1) is 0 Å². The number of hydrogen-bond acceptors (Lipinski definition) is 2. The third kappa shape index (κ3) is 3.21. The molecule has 11 heavy (non-hydrogen) atoms. The maximum absolute atomic E-state index is 5.72. The third-order valence-corrected chi connectivity index (χ3v) is 2.05. The first-order valence-corrected chi connectivity index (χ1v) is 4.52. The topological polar surface area (TPSA) is 12.5 Å². The number of hydrogen-bond donors (Lipinski definition) is 0. The van der Waals surface area contributed by atoms with Gasteiger partial charge in [0, 0.05) is 6.54 Å². The van der Waals surface area contributed by atoms with E-state index in [1.165, 1.54) is 19.4 Å². The fourth-order valence-corrected chi connectivity index (χ4v) is 1.62. The first-order valence-electron chi connectivity index (χ1n) is 4.52. The average Bonchev–Trinajstić information content (AvgIpc) is 1.85. The maximum atomic E-state index is 5.72. The van der Waals surface area contributed by atoms with Crippen LogP contribution >= 0.6 is 0 Å². The van der Waals surface area contributed by atoms with E-state index in [1.54, 1.807) is 0 Å². The zero-order chi connectivity index (χ0) is 8.27. The molecule has 0 saturated carbocycles. The standard InChI is InChI=1S/C9H19NO/c1-8(2)11-9-5-4-6-10(3)7-9/h8-9H,4-7H2,1-3H3/t9-/m0/s1. The summed E-state index contributed by atoms with van der Waals surface area (Å²) in [6.45, 7) is 6.55. The van der Waals surface area contributed by atoms with Crippen molar-refractivity contribution in [2.45, 2.75) is 38.9 Å². The molecule has 1 aliphatic heterocycles. The highest BCUT2D eigenvalue weighted by molar-refractivity contribution is 4.70. The molecular formula is C9H19NO. The van der Waals surface area contributed by atoms with Crippen molar-refractivity contribution in [3.63, 3.8) is 0 Å². The monoisotopic (exact) mass is 157 g/mol. The third-order valence-electron chi connectivity index (χ3n) is 2.05. The van der Waals surface area contributed by atoms with Gasteiger partial charge in [0.05, 0.1) is 12.2 Å². The van der Waals surface area contributed by atoms with Gasteiger partial charge in [0.15, 0.2) is 0 Å². The van der Waals surface area contributed by atoms with Gasteiger partial charge in [-0.2, -0.15) is 0 Å². The number of nitrogens with zero attached hydrogens (tertiary/aromatic N) is 1. The Labute approximate surface area is 69.5 Å². The minimum atomic E-state index is 0.381. The van der Waals surface area contributed by atoms with Crippen LogP contribution < -0.4 is 0 Å². The lowest BCUT2D eigenvalue weighted by molar-refractivity contribution is -0.0279. The van der Waals surface area contributed by atoms with E-state index < -0.39 is 0 Å². The molecule has 0 unspecified atom stereocenters. The highest BCUT2D eigenvalue weighted by Gasteiger charge is 2.17. The molecule has 66 valence electrons. The van der Waals surface area contributed by atoms with E-state index in [9.17, 15) is 0 Å². The SMILES string of the molecule is CC(C)O[C@H]1CCCN(C)C1. The predicted octanol–water partition coefficient (Wildman–Crippen LogP) is 1.51. The zero-order valence-electron chi connectivity index (χ0n) is 7.84. The molecule has 0 aliphatic carbocycles. The summed E-state index contributed by atoms with van der Waals surface area (Å²) in [4.78, 5) is 2.34. The highest BCUT2D eigenvalue weighted by atomic mass is 16.5. The van der Waals surface area contributed by atoms with E-state index in [4.69, 9.17) is 4.74 Å². The van der Waals surface area contributed by atoms with Gasteiger partial charge in [0.1, 0.15) is 0 Å². The molecule has 0 aromatic heterocycles. The fraction of sp³-hybridized carbons (Fsp3) is 1.00. The van der Waals surface area contributed by atoms with Crippen molar-refractivity contribution < 1.29 is 4.74 Å². The summed E-state index contributed by atoms with van der Waals surface area (Å²) >= 11 is 0. The molecule has 1 heterocycles. The molecule has 0 radical (unpaired) electrons. The summed E-state index contributed by atoms with van der Waals surface area (Å²) in [6, 6.07) is 0. The van der Waals surface area contributed by atoms with Crippen LogP contribution in [0.3, 0.4) is 0 Å². The lowest BCUT2D eigenvalue weighted by Crippen LogP contribution is -2.38. The molecule has 0 spiro atoms. The van der Waals surface area contributed by atoms with Crippen molar-refractivity contribution >= 4 is 0 Å². The highest BCUT2D eigenvalue weighted by Crippen LogP contribution is 2.12. The van der Waals surface area contributed by atoms with Gasteiger partial charge < -0.3 is 9.64 Å². The van der Waals surface area contributed by atoms with Crippen molar-refractivity contribution in [3.8, 4) is 0 Å². The predicted molar refractivity (Wildman–Crippen MR) is 46.7 cm³/mol. The number of rotatable bonds is 2. The largest absolute Gasteiger partial charge is 0.374 e. The van der Waals surface area contributed by atoms with E-state index in [0.29, 0.717) is 12.2 Å². The summed E-state index contributed by atoms with van der Waals surface area (Å²) in [5, 5.41) is 0. The normalized spacial score (nSPS) is 27.8. The lowest BCUT2D eigenvalue weighted by Gasteiger charge is -2.30. The molecule has 0 aromatic rings. The Kier molecular flexibility index (Phi) is 3.34. The van der Waals surface area contributed by atoms with Crippen LogP contribution in [-0.4, -0.2) is 37.2 Å². The van der Waals surface area contributed by atoms with Gasteiger partial charge in [0.2, 0.25) is 0 Å². The number of likely N-dealkylation sites (tertiary alicyclic amines) is 1. The van der Waals surface area contributed by atoms with Gasteiger partial charge >= 0.3 is 0 Å². The molecule has 1 atom stereocenters. The van der Waals surface area contributed by atoms with Crippen LogP contribution in [0.15, 0.2) is 0 Å². The summed E-state index contributed by atoms with van der Waals surface area (Å²) in [6.07, 6.45) is 3.39. The molecule has 1 rings (SSSR count). The first kappa shape index (κ1) is 9.01. The first-order chi connectivity index (χ1) is 5.18. The van der Waals surface area contributed by atoms with Crippen molar-refractivity contribution in [2.75, 3.05) is 20.1 Å². The van der Waals surface area contributed by atoms with E-state index in [2.05, 4.69) is 25.8 Å². The molecule has 2 nitrogen and oxygen atoms in total. The molecule has 1 aliphatic rings. The molecule has 2 heteroatoms. The number of ether oxygens (including phenoxy) is 1. The Morgan fingerprint density at radius 1 is 1.45 bits per heavy atom. The maximum Gasteiger partial charge on any atom is 0.0705 e. The van der Waals surface area contributed by atoms with Crippen molar-refractivity contribution in [3.05, 3.63) is 0 Å². The van der Waals surface area contributed by atoms with E-state index in [-0.39, 0.29) is 0 Å². The van der Waals surface area contributed by atoms with Crippen LogP contribution in [0.25, 0.3) is 0 Å². The van der Waals surface area contributed by atoms with Gasteiger partial charge in [-0.25, -0.2) is 0 Å². The molecular weight excluding hydrogens is 138 g/mol. The summed E-state index contributed by atoms with van der Waals surface area (Å²) < 4.78 is 5.72. The van der Waals surface area contributed by atoms with E-state index >= 15 is 0 Å². The van der Waals surface area contributed by atoms with Gasteiger partial charge in [-0.15, -0.1) is 0 Å². The quantitative estimate of drug-likeness (QED) is 0.602. The van der Waals surface area contributed by atoms with Gasteiger partial charge in [0.25, 0.3) is 0 Å². The van der Waals surface area contributed by atoms with Crippen LogP contribution in [0.1, 0.15) is 26.7 Å². The van der Waals surface area contributed by atoms with Crippen molar-refractivity contribution in [2.24, 2.45) is 0 Å². The average molecular weight is 157 g/mol. The smallest absolute Gasteiger partial charge is 0.0705 e. The van der Waals surface area contributed by atoms with Crippen LogP contribution in [0.2, 0.25) is 0 Å². The van der Waals surface area contributed by atoms with Crippen LogP contribution in [-0.2, 0) is 4.74 Å². The van der Waals surface area contributed by atoms with Crippen LogP contribution in [0.5, 0.6) is 0 Å². The second-order valence-corrected chi connectivity index (χ2v) is 3.71. The molecule has 1 fully saturated rings. The van der Waals surface area contributed by atoms with Crippen molar-refractivity contribution in [1.82, 2.24) is 4.90 Å². The Balaban J connectivity index is 2.23. The molecule has 0 bridgehead atoms. The summed E-state index contributed by atoms with van der Waals surface area (Å²) in [5.41, 5.74) is 0. The Morgan fingerprint density at radius 3 is 2.73 bits per heavy atom. The molecule has 0 N–H and O–H groups in total. The molecule has 1 saturated heterocycles. The van der Waals surface area contributed by atoms with E-state index in [0.717, 1.165) is 6.54 Å². The Hall–Kier alpha value is -0.0800. The minimum Gasteiger partial charge on any atom is -0.374 e. The summed E-state index contributed by atoms with van der Waals surface area (Å²) in [5.74, 6) is 0. The molecule has 0 amide bonds. The van der Waals surface area contributed by atoms with Crippen LogP contribution in [0.4, 0.5) is 0 Å². The number of likely N-dealkylation sites (N-methyl/N-ethyl adjacent to an activating group) is 1. The molecule has 0 aromatic carbocycles. The fourth-order valence-electron chi connectivity index (χ4n) is 1.62.